The van der Waals surface area contributed by atoms with E-state index in [0.29, 0.717) is 17.3 Å². The second-order valence-corrected chi connectivity index (χ2v) is 4.10. The predicted octanol–water partition coefficient (Wildman–Crippen LogP) is 3.22. The molecule has 86 valence electrons. The third-order valence-electron chi connectivity index (χ3n) is 2.68. The van der Waals surface area contributed by atoms with Crippen molar-refractivity contribution in [2.75, 3.05) is 25.1 Å². The van der Waals surface area contributed by atoms with E-state index >= 15 is 0 Å². The van der Waals surface area contributed by atoms with Gasteiger partial charge in [0.25, 0.3) is 0 Å². The van der Waals surface area contributed by atoms with Gasteiger partial charge in [0.15, 0.2) is 0 Å². The molecule has 0 saturated heterocycles. The lowest BCUT2D eigenvalue weighted by atomic mass is 10.2. The van der Waals surface area contributed by atoms with Crippen molar-refractivity contribution in [1.82, 2.24) is 0 Å². The number of halogens is 2. The highest BCUT2D eigenvalue weighted by Crippen LogP contribution is 2.25. The zero-order valence-electron chi connectivity index (χ0n) is 9.04. The fraction of sp³-hybridized carbons (Fsp3) is 0.333. The van der Waals surface area contributed by atoms with E-state index in [1.165, 1.54) is 6.07 Å². The summed E-state index contributed by atoms with van der Waals surface area (Å²) in [6.45, 7) is 1.43. The van der Waals surface area contributed by atoms with Gasteiger partial charge in [0.05, 0.1) is 18.6 Å². The van der Waals surface area contributed by atoms with Crippen LogP contribution in [0.25, 0.3) is 0 Å². The molecule has 1 aliphatic heterocycles. The van der Waals surface area contributed by atoms with Gasteiger partial charge in [-0.25, -0.2) is 4.39 Å². The molecule has 0 aliphatic carbocycles. The molecule has 0 unspecified atom stereocenters. The quantitative estimate of drug-likeness (QED) is 0.788. The van der Waals surface area contributed by atoms with Crippen LogP contribution in [0.15, 0.2) is 30.0 Å². The molecule has 1 aliphatic rings. The van der Waals surface area contributed by atoms with Gasteiger partial charge in [-0.15, -0.1) is 0 Å². The van der Waals surface area contributed by atoms with Gasteiger partial charge in [0.1, 0.15) is 5.82 Å². The monoisotopic (exact) mass is 241 g/mol. The van der Waals surface area contributed by atoms with Crippen molar-refractivity contribution in [1.29, 1.82) is 0 Å². The Morgan fingerprint density at radius 2 is 2.25 bits per heavy atom. The largest absolute Gasteiger partial charge is 0.501 e. The van der Waals surface area contributed by atoms with Crippen LogP contribution >= 0.6 is 11.6 Å². The SMILES string of the molecule is COC1=CCN(c2ccc(Cl)cc2F)CC1. The first-order chi connectivity index (χ1) is 7.70. The molecule has 0 spiro atoms. The first kappa shape index (κ1) is 11.3. The number of nitrogens with zero attached hydrogens (tertiary/aromatic N) is 1. The second kappa shape index (κ2) is 4.74. The summed E-state index contributed by atoms with van der Waals surface area (Å²) >= 11 is 5.71. The van der Waals surface area contributed by atoms with Gasteiger partial charge >= 0.3 is 0 Å². The molecule has 0 saturated carbocycles. The lowest BCUT2D eigenvalue weighted by molar-refractivity contribution is 0.272. The highest BCUT2D eigenvalue weighted by molar-refractivity contribution is 6.30. The van der Waals surface area contributed by atoms with Crippen molar-refractivity contribution < 1.29 is 9.13 Å². The Morgan fingerprint density at radius 3 is 2.81 bits per heavy atom. The van der Waals surface area contributed by atoms with Crippen LogP contribution < -0.4 is 4.90 Å². The molecule has 4 heteroatoms. The van der Waals surface area contributed by atoms with Crippen molar-refractivity contribution >= 4 is 17.3 Å². The van der Waals surface area contributed by atoms with Gasteiger partial charge in [-0.3, -0.25) is 0 Å². The summed E-state index contributed by atoms with van der Waals surface area (Å²) in [5, 5.41) is 0.423. The van der Waals surface area contributed by atoms with Crippen LogP contribution in [0.2, 0.25) is 5.02 Å². The van der Waals surface area contributed by atoms with Gasteiger partial charge in [0, 0.05) is 24.5 Å². The van der Waals surface area contributed by atoms with Crippen LogP contribution in [0.1, 0.15) is 6.42 Å². The minimum absolute atomic E-state index is 0.276. The molecule has 0 N–H and O–H groups in total. The van der Waals surface area contributed by atoms with Gasteiger partial charge < -0.3 is 9.64 Å². The number of ether oxygens (including phenoxy) is 1. The van der Waals surface area contributed by atoms with Gasteiger partial charge in [0.2, 0.25) is 0 Å². The van der Waals surface area contributed by atoms with Crippen LogP contribution in [0.4, 0.5) is 10.1 Å². The van der Waals surface area contributed by atoms with E-state index in [4.69, 9.17) is 16.3 Å². The Bertz CT molecular complexity index is 419. The van der Waals surface area contributed by atoms with Gasteiger partial charge in [-0.1, -0.05) is 11.6 Å². The number of anilines is 1. The third-order valence-corrected chi connectivity index (χ3v) is 2.92. The molecule has 0 atom stereocenters. The normalized spacial score (nSPS) is 15.9. The molecular formula is C12H13ClFNO. The molecule has 0 amide bonds. The maximum atomic E-state index is 13.6. The number of methoxy groups -OCH3 is 1. The van der Waals surface area contributed by atoms with Gasteiger partial charge in [-0.05, 0) is 24.3 Å². The maximum absolute atomic E-state index is 13.6. The number of benzene rings is 1. The summed E-state index contributed by atoms with van der Waals surface area (Å²) in [6.07, 6.45) is 2.77. The lowest BCUT2D eigenvalue weighted by Crippen LogP contribution is -2.29. The zero-order chi connectivity index (χ0) is 11.5. The molecule has 1 aromatic carbocycles. The first-order valence-electron chi connectivity index (χ1n) is 5.13. The van der Waals surface area contributed by atoms with Crippen LogP contribution in [0.3, 0.4) is 0 Å². The van der Waals surface area contributed by atoms with Crippen LogP contribution in [0.5, 0.6) is 0 Å². The standard InChI is InChI=1S/C12H13ClFNO/c1-16-10-4-6-15(7-5-10)12-3-2-9(13)8-11(12)14/h2-4,8H,5-7H2,1H3. The highest BCUT2D eigenvalue weighted by Gasteiger charge is 2.15. The van der Waals surface area contributed by atoms with Crippen LogP contribution in [-0.2, 0) is 4.74 Å². The predicted molar refractivity (Wildman–Crippen MR) is 63.3 cm³/mol. The van der Waals surface area contributed by atoms with E-state index < -0.39 is 0 Å². The van der Waals surface area contributed by atoms with Crippen molar-refractivity contribution in [3.8, 4) is 0 Å². The van der Waals surface area contributed by atoms with E-state index in [1.54, 1.807) is 19.2 Å². The Morgan fingerprint density at radius 1 is 1.44 bits per heavy atom. The fourth-order valence-corrected chi connectivity index (χ4v) is 1.95. The molecular weight excluding hydrogens is 229 g/mol. The zero-order valence-corrected chi connectivity index (χ0v) is 9.80. The van der Waals surface area contributed by atoms with E-state index in [-0.39, 0.29) is 5.82 Å². The van der Waals surface area contributed by atoms with Gasteiger partial charge in [-0.2, -0.15) is 0 Å². The van der Waals surface area contributed by atoms with Crippen molar-refractivity contribution in [2.45, 2.75) is 6.42 Å². The van der Waals surface area contributed by atoms with E-state index in [0.717, 1.165) is 18.7 Å². The van der Waals surface area contributed by atoms with E-state index in [2.05, 4.69) is 0 Å². The minimum atomic E-state index is -0.276. The molecule has 2 nitrogen and oxygen atoms in total. The minimum Gasteiger partial charge on any atom is -0.501 e. The van der Waals surface area contributed by atoms with Crippen molar-refractivity contribution in [2.24, 2.45) is 0 Å². The second-order valence-electron chi connectivity index (χ2n) is 3.67. The van der Waals surface area contributed by atoms with Crippen LogP contribution in [-0.4, -0.2) is 20.2 Å². The number of hydrogen-bond donors (Lipinski definition) is 0. The fourth-order valence-electron chi connectivity index (χ4n) is 1.79. The maximum Gasteiger partial charge on any atom is 0.147 e. The Kier molecular flexibility index (Phi) is 3.34. The summed E-state index contributed by atoms with van der Waals surface area (Å²) in [7, 11) is 1.66. The van der Waals surface area contributed by atoms with E-state index in [9.17, 15) is 4.39 Å². The molecule has 2 rings (SSSR count). The van der Waals surface area contributed by atoms with Crippen molar-refractivity contribution in [3.63, 3.8) is 0 Å². The highest BCUT2D eigenvalue weighted by atomic mass is 35.5. The molecule has 0 fully saturated rings. The molecule has 16 heavy (non-hydrogen) atoms. The number of rotatable bonds is 2. The summed E-state index contributed by atoms with van der Waals surface area (Å²) in [5.41, 5.74) is 0.593. The smallest absolute Gasteiger partial charge is 0.147 e. The average Bonchev–Trinajstić information content (AvgIpc) is 2.29. The molecule has 0 radical (unpaired) electrons. The summed E-state index contributed by atoms with van der Waals surface area (Å²) in [4.78, 5) is 1.97. The Hall–Kier alpha value is -1.22. The Balaban J connectivity index is 2.17. The summed E-state index contributed by atoms with van der Waals surface area (Å²) < 4.78 is 18.8. The molecule has 0 bridgehead atoms. The first-order valence-corrected chi connectivity index (χ1v) is 5.51. The Labute approximate surface area is 99.3 Å². The topological polar surface area (TPSA) is 12.5 Å². The summed E-state index contributed by atoms with van der Waals surface area (Å²) in [5.74, 6) is 0.687. The number of hydrogen-bond acceptors (Lipinski definition) is 2. The third kappa shape index (κ3) is 2.30. The van der Waals surface area contributed by atoms with Crippen molar-refractivity contribution in [3.05, 3.63) is 40.9 Å². The lowest BCUT2D eigenvalue weighted by Gasteiger charge is -2.28. The molecule has 1 heterocycles. The summed E-state index contributed by atoms with van der Waals surface area (Å²) in [6, 6.07) is 4.76. The van der Waals surface area contributed by atoms with Crippen LogP contribution in [0, 0.1) is 5.82 Å². The average molecular weight is 242 g/mol. The van der Waals surface area contributed by atoms with E-state index in [1.807, 2.05) is 11.0 Å². The molecule has 0 aromatic heterocycles. The molecule has 1 aromatic rings.